The maximum atomic E-state index is 12.7. The molecule has 0 radical (unpaired) electrons. The summed E-state index contributed by atoms with van der Waals surface area (Å²) in [5, 5.41) is 0. The molecule has 0 fully saturated rings. The van der Waals surface area contributed by atoms with Crippen LogP contribution in [-0.2, 0) is 5.92 Å². The van der Waals surface area contributed by atoms with Gasteiger partial charge < -0.3 is 0 Å². The van der Waals surface area contributed by atoms with Gasteiger partial charge in [-0.05, 0) is 13.0 Å². The van der Waals surface area contributed by atoms with Crippen LogP contribution in [0.15, 0.2) is 24.3 Å². The highest BCUT2D eigenvalue weighted by molar-refractivity contribution is 5.26. The van der Waals surface area contributed by atoms with E-state index in [9.17, 15) is 22.0 Å². The van der Waals surface area contributed by atoms with Crippen LogP contribution >= 0.6 is 0 Å². The number of hydrogen-bond acceptors (Lipinski definition) is 0. The van der Waals surface area contributed by atoms with Crippen molar-refractivity contribution in [1.29, 1.82) is 0 Å². The Morgan fingerprint density at radius 3 is 2.00 bits per heavy atom. The van der Waals surface area contributed by atoms with E-state index in [0.29, 0.717) is 5.56 Å². The van der Waals surface area contributed by atoms with Gasteiger partial charge in [0.25, 0.3) is 0 Å². The predicted octanol–water partition coefficient (Wildman–Crippen LogP) is 3.65. The van der Waals surface area contributed by atoms with Gasteiger partial charge in [0.05, 0.1) is 0 Å². The van der Waals surface area contributed by atoms with Crippen LogP contribution < -0.4 is 0 Å². The molecule has 0 aromatic heterocycles. The second-order valence-electron chi connectivity index (χ2n) is 2.94. The van der Waals surface area contributed by atoms with E-state index in [4.69, 9.17) is 0 Å². The zero-order chi connectivity index (χ0) is 11.0. The number of benzene rings is 1. The average molecular weight is 210 g/mol. The molecule has 0 nitrogen and oxygen atoms in total. The lowest BCUT2D eigenvalue weighted by atomic mass is 10.1. The fourth-order valence-corrected chi connectivity index (χ4v) is 1.00. The summed E-state index contributed by atoms with van der Waals surface area (Å²) in [6.45, 7) is 1.45. The fraction of sp³-hybridized carbons (Fsp3) is 0.333. The molecule has 5 heteroatoms. The Labute approximate surface area is 77.4 Å². The molecule has 0 aliphatic rings. The van der Waals surface area contributed by atoms with Crippen molar-refractivity contribution < 1.29 is 22.0 Å². The maximum Gasteiger partial charge on any atom is 0.458 e. The zero-order valence-electron chi connectivity index (χ0n) is 7.20. The molecular weight excluding hydrogens is 203 g/mol. The Balaban J connectivity index is 3.16. The van der Waals surface area contributed by atoms with Crippen molar-refractivity contribution in [1.82, 2.24) is 0 Å². The first-order chi connectivity index (χ1) is 6.25. The maximum absolute atomic E-state index is 12.7. The average Bonchev–Trinajstić information content (AvgIpc) is 2.02. The van der Waals surface area contributed by atoms with Crippen LogP contribution in [0.3, 0.4) is 0 Å². The lowest BCUT2D eigenvalue weighted by Crippen LogP contribution is -2.33. The van der Waals surface area contributed by atoms with Crippen LogP contribution in [0.4, 0.5) is 22.0 Å². The molecule has 0 N–H and O–H groups in total. The van der Waals surface area contributed by atoms with E-state index >= 15 is 0 Å². The van der Waals surface area contributed by atoms with Crippen molar-refractivity contribution in [2.45, 2.75) is 19.0 Å². The van der Waals surface area contributed by atoms with Gasteiger partial charge in [-0.2, -0.15) is 22.0 Å². The molecular formula is C9H7F5. The Hall–Kier alpha value is -1.13. The quantitative estimate of drug-likeness (QED) is 0.620. The van der Waals surface area contributed by atoms with Gasteiger partial charge in [0.1, 0.15) is 0 Å². The normalized spacial score (nSPS) is 13.0. The van der Waals surface area contributed by atoms with E-state index in [1.165, 1.54) is 19.1 Å². The number of halogens is 5. The number of aryl methyl sites for hydroxylation is 1. The van der Waals surface area contributed by atoms with E-state index < -0.39 is 17.7 Å². The van der Waals surface area contributed by atoms with E-state index in [1.807, 2.05) is 0 Å². The minimum atomic E-state index is -5.54. The molecule has 0 aliphatic heterocycles. The molecule has 0 spiro atoms. The van der Waals surface area contributed by atoms with Gasteiger partial charge in [-0.25, -0.2) is 0 Å². The first-order valence-corrected chi connectivity index (χ1v) is 3.77. The molecule has 1 aromatic rings. The third kappa shape index (κ3) is 1.86. The summed E-state index contributed by atoms with van der Waals surface area (Å²) in [6, 6.07) is 4.22. The number of alkyl halides is 5. The van der Waals surface area contributed by atoms with Gasteiger partial charge in [0, 0.05) is 5.56 Å². The monoisotopic (exact) mass is 210 g/mol. The molecule has 14 heavy (non-hydrogen) atoms. The predicted molar refractivity (Wildman–Crippen MR) is 41.1 cm³/mol. The van der Waals surface area contributed by atoms with Crippen molar-refractivity contribution in [3.63, 3.8) is 0 Å². The van der Waals surface area contributed by atoms with Gasteiger partial charge in [-0.15, -0.1) is 0 Å². The van der Waals surface area contributed by atoms with Crippen molar-refractivity contribution in [3.05, 3.63) is 35.4 Å². The van der Waals surface area contributed by atoms with Crippen molar-refractivity contribution in [2.24, 2.45) is 0 Å². The molecule has 0 saturated carbocycles. The minimum absolute atomic E-state index is 0.367. The first kappa shape index (κ1) is 10.9. The zero-order valence-corrected chi connectivity index (χ0v) is 7.20. The molecule has 1 aromatic carbocycles. The van der Waals surface area contributed by atoms with Crippen molar-refractivity contribution in [2.75, 3.05) is 0 Å². The highest BCUT2D eigenvalue weighted by Crippen LogP contribution is 2.43. The van der Waals surface area contributed by atoms with Crippen molar-refractivity contribution in [3.8, 4) is 0 Å². The summed E-state index contributed by atoms with van der Waals surface area (Å²) in [5.41, 5.74) is -0.656. The van der Waals surface area contributed by atoms with Gasteiger partial charge in [-0.1, -0.05) is 23.8 Å². The minimum Gasteiger partial charge on any atom is -0.191 e. The van der Waals surface area contributed by atoms with Crippen LogP contribution in [0.5, 0.6) is 0 Å². The first-order valence-electron chi connectivity index (χ1n) is 3.77. The molecule has 0 unspecified atom stereocenters. The van der Waals surface area contributed by atoms with Gasteiger partial charge in [-0.3, -0.25) is 0 Å². The number of hydrogen-bond donors (Lipinski definition) is 0. The lowest BCUT2D eigenvalue weighted by molar-refractivity contribution is -0.289. The molecule has 0 aliphatic carbocycles. The van der Waals surface area contributed by atoms with E-state index in [0.717, 1.165) is 12.1 Å². The second kappa shape index (κ2) is 3.22. The van der Waals surface area contributed by atoms with Crippen molar-refractivity contribution >= 4 is 0 Å². The van der Waals surface area contributed by atoms with Crippen LogP contribution in [0.25, 0.3) is 0 Å². The summed E-state index contributed by atoms with van der Waals surface area (Å²) in [4.78, 5) is 0. The topological polar surface area (TPSA) is 0 Å². The van der Waals surface area contributed by atoms with E-state index in [-0.39, 0.29) is 0 Å². The second-order valence-corrected chi connectivity index (χ2v) is 2.94. The summed E-state index contributed by atoms with van der Waals surface area (Å²) in [5.74, 6) is -4.78. The summed E-state index contributed by atoms with van der Waals surface area (Å²) in [6.07, 6.45) is -5.54. The van der Waals surface area contributed by atoms with Gasteiger partial charge in [0.15, 0.2) is 0 Å². The SMILES string of the molecule is Cc1cccc(C(F)(F)C(F)(F)F)c1. The highest BCUT2D eigenvalue weighted by Gasteiger charge is 2.58. The molecule has 0 heterocycles. The Bertz CT molecular complexity index is 326. The fourth-order valence-electron chi connectivity index (χ4n) is 1.00. The standard InChI is InChI=1S/C9H7F5/c1-6-3-2-4-7(5-6)8(10,11)9(12,13)14/h2-5H,1H3. The van der Waals surface area contributed by atoms with E-state index in [1.54, 1.807) is 0 Å². The Morgan fingerprint density at radius 1 is 1.00 bits per heavy atom. The molecule has 1 rings (SSSR count). The van der Waals surface area contributed by atoms with Crippen LogP contribution in [0.2, 0.25) is 0 Å². The molecule has 78 valence electrons. The third-order valence-corrected chi connectivity index (χ3v) is 1.74. The summed E-state index contributed by atoms with van der Waals surface area (Å²) >= 11 is 0. The Morgan fingerprint density at radius 2 is 1.57 bits per heavy atom. The Kier molecular flexibility index (Phi) is 2.52. The van der Waals surface area contributed by atoms with Gasteiger partial charge >= 0.3 is 12.1 Å². The summed E-state index contributed by atoms with van der Waals surface area (Å²) < 4.78 is 61.1. The van der Waals surface area contributed by atoms with Crippen LogP contribution in [-0.4, -0.2) is 6.18 Å². The molecule has 0 bridgehead atoms. The highest BCUT2D eigenvalue weighted by atomic mass is 19.4. The van der Waals surface area contributed by atoms with Gasteiger partial charge in [0.2, 0.25) is 0 Å². The number of rotatable bonds is 1. The smallest absolute Gasteiger partial charge is 0.191 e. The largest absolute Gasteiger partial charge is 0.458 e. The van der Waals surface area contributed by atoms with Crippen LogP contribution in [0, 0.1) is 6.92 Å². The summed E-state index contributed by atoms with van der Waals surface area (Å²) in [7, 11) is 0. The van der Waals surface area contributed by atoms with E-state index in [2.05, 4.69) is 0 Å². The lowest BCUT2D eigenvalue weighted by Gasteiger charge is -2.19. The molecule has 0 saturated heterocycles. The molecule has 0 amide bonds. The third-order valence-electron chi connectivity index (χ3n) is 1.74. The van der Waals surface area contributed by atoms with Crippen LogP contribution in [0.1, 0.15) is 11.1 Å². The molecule has 0 atom stereocenters.